The molecule has 0 bridgehead atoms. The summed E-state index contributed by atoms with van der Waals surface area (Å²) in [6.07, 6.45) is 6.98. The summed E-state index contributed by atoms with van der Waals surface area (Å²) in [7, 11) is 0. The average Bonchev–Trinajstić information content (AvgIpc) is 3.04. The maximum absolute atomic E-state index is 11.0. The van der Waals surface area contributed by atoms with E-state index in [0.29, 0.717) is 12.3 Å². The Morgan fingerprint density at radius 3 is 2.79 bits per heavy atom. The third-order valence-corrected chi connectivity index (χ3v) is 3.64. The van der Waals surface area contributed by atoms with Crippen molar-refractivity contribution >= 4 is 5.78 Å². The van der Waals surface area contributed by atoms with Crippen LogP contribution in [0.15, 0.2) is 37.1 Å². The van der Waals surface area contributed by atoms with Crippen molar-refractivity contribution in [2.24, 2.45) is 11.8 Å². The monoisotopic (exact) mass is 262 g/mol. The predicted molar refractivity (Wildman–Crippen MR) is 79.8 cm³/mol. The molecule has 0 aromatic rings. The van der Waals surface area contributed by atoms with Gasteiger partial charge in [0.1, 0.15) is 0 Å². The summed E-state index contributed by atoms with van der Waals surface area (Å²) < 4.78 is 5.60. The lowest BCUT2D eigenvalue weighted by molar-refractivity contribution is -0.114. The number of carbonyl (C=O) groups is 1. The molecule has 0 aromatic heterocycles. The van der Waals surface area contributed by atoms with E-state index in [-0.39, 0.29) is 5.78 Å². The van der Waals surface area contributed by atoms with Gasteiger partial charge in [-0.2, -0.15) is 0 Å². The molecule has 1 saturated carbocycles. The molecule has 0 saturated heterocycles. The number of hydrogen-bond donors (Lipinski definition) is 0. The van der Waals surface area contributed by atoms with Crippen LogP contribution in [-0.2, 0) is 9.53 Å². The minimum atomic E-state index is 0.0890. The van der Waals surface area contributed by atoms with E-state index in [9.17, 15) is 4.79 Å². The SMILES string of the molecule is C=CC(=O)CCCC(=C)OCCC(C)CC1CC1=C. The number of hydrogen-bond acceptors (Lipinski definition) is 2. The summed E-state index contributed by atoms with van der Waals surface area (Å²) in [6.45, 7) is 14.3. The maximum atomic E-state index is 11.0. The van der Waals surface area contributed by atoms with Crippen LogP contribution in [0.2, 0.25) is 0 Å². The molecule has 19 heavy (non-hydrogen) atoms. The summed E-state index contributed by atoms with van der Waals surface area (Å²) in [5.41, 5.74) is 1.41. The largest absolute Gasteiger partial charge is 0.499 e. The fraction of sp³-hybridized carbons (Fsp3) is 0.588. The molecule has 1 rings (SSSR count). The molecule has 0 heterocycles. The van der Waals surface area contributed by atoms with Gasteiger partial charge in [-0.3, -0.25) is 4.79 Å². The fourth-order valence-corrected chi connectivity index (χ4v) is 2.15. The summed E-state index contributed by atoms with van der Waals surface area (Å²) in [5.74, 6) is 2.33. The zero-order chi connectivity index (χ0) is 14.3. The fourth-order valence-electron chi connectivity index (χ4n) is 2.15. The highest BCUT2D eigenvalue weighted by molar-refractivity contribution is 5.88. The number of ketones is 1. The van der Waals surface area contributed by atoms with Crippen molar-refractivity contribution in [1.82, 2.24) is 0 Å². The lowest BCUT2D eigenvalue weighted by Crippen LogP contribution is -2.03. The molecule has 106 valence electrons. The molecule has 1 aliphatic carbocycles. The van der Waals surface area contributed by atoms with E-state index in [1.165, 1.54) is 24.5 Å². The standard InChI is InChI=1S/C17H26O2/c1-5-17(18)8-6-7-15(4)19-10-9-13(2)11-16-12-14(16)3/h5,13,16H,1,3-4,6-12H2,2H3. The average molecular weight is 262 g/mol. The zero-order valence-electron chi connectivity index (χ0n) is 12.1. The van der Waals surface area contributed by atoms with Crippen LogP contribution in [0, 0.1) is 11.8 Å². The predicted octanol–water partition coefficient (Wildman–Crippen LogP) is 4.43. The molecular weight excluding hydrogens is 236 g/mol. The Morgan fingerprint density at radius 2 is 2.21 bits per heavy atom. The van der Waals surface area contributed by atoms with Crippen LogP contribution in [-0.4, -0.2) is 12.4 Å². The minimum Gasteiger partial charge on any atom is -0.499 e. The van der Waals surface area contributed by atoms with Crippen LogP contribution in [0.4, 0.5) is 0 Å². The summed E-state index contributed by atoms with van der Waals surface area (Å²) in [5, 5.41) is 0. The van der Waals surface area contributed by atoms with Gasteiger partial charge in [0.05, 0.1) is 12.4 Å². The molecule has 2 nitrogen and oxygen atoms in total. The second-order valence-electron chi connectivity index (χ2n) is 5.60. The molecule has 0 aromatic carbocycles. The molecule has 0 radical (unpaired) electrons. The first kappa shape index (κ1) is 15.7. The van der Waals surface area contributed by atoms with Crippen molar-refractivity contribution < 1.29 is 9.53 Å². The molecule has 0 amide bonds. The van der Waals surface area contributed by atoms with Gasteiger partial charge in [0, 0.05) is 12.8 Å². The molecule has 2 unspecified atom stereocenters. The summed E-state index contributed by atoms with van der Waals surface area (Å²) in [6, 6.07) is 0. The lowest BCUT2D eigenvalue weighted by Gasteiger charge is -2.13. The lowest BCUT2D eigenvalue weighted by atomic mass is 10.0. The first-order valence-electron chi connectivity index (χ1n) is 7.16. The van der Waals surface area contributed by atoms with Crippen molar-refractivity contribution in [2.75, 3.05) is 6.61 Å². The van der Waals surface area contributed by atoms with Crippen molar-refractivity contribution in [3.63, 3.8) is 0 Å². The van der Waals surface area contributed by atoms with E-state index in [1.807, 2.05) is 0 Å². The Hall–Kier alpha value is -1.31. The maximum Gasteiger partial charge on any atom is 0.155 e. The molecule has 0 spiro atoms. The van der Waals surface area contributed by atoms with Gasteiger partial charge in [-0.15, -0.1) is 0 Å². The van der Waals surface area contributed by atoms with Crippen LogP contribution in [0.5, 0.6) is 0 Å². The topological polar surface area (TPSA) is 26.3 Å². The molecule has 1 fully saturated rings. The van der Waals surface area contributed by atoms with E-state index in [2.05, 4.69) is 26.7 Å². The van der Waals surface area contributed by atoms with Gasteiger partial charge in [-0.05, 0) is 43.6 Å². The van der Waals surface area contributed by atoms with Gasteiger partial charge < -0.3 is 4.74 Å². The number of allylic oxidation sites excluding steroid dienone is 3. The molecule has 2 atom stereocenters. The Kier molecular flexibility index (Phi) is 6.61. The molecular formula is C17H26O2. The first-order valence-corrected chi connectivity index (χ1v) is 7.16. The van der Waals surface area contributed by atoms with E-state index in [4.69, 9.17) is 4.74 Å². The van der Waals surface area contributed by atoms with E-state index in [1.54, 1.807) is 0 Å². The third kappa shape index (κ3) is 7.00. The van der Waals surface area contributed by atoms with Gasteiger partial charge in [-0.1, -0.05) is 32.2 Å². The van der Waals surface area contributed by atoms with Crippen LogP contribution < -0.4 is 0 Å². The van der Waals surface area contributed by atoms with Gasteiger partial charge in [0.15, 0.2) is 5.78 Å². The molecule has 0 aliphatic heterocycles. The Labute approximate surface area is 117 Å². The van der Waals surface area contributed by atoms with Crippen LogP contribution in [0.1, 0.15) is 45.4 Å². The Balaban J connectivity index is 1.98. The van der Waals surface area contributed by atoms with Crippen LogP contribution >= 0.6 is 0 Å². The third-order valence-electron chi connectivity index (χ3n) is 3.64. The van der Waals surface area contributed by atoms with Crippen molar-refractivity contribution in [3.05, 3.63) is 37.1 Å². The quantitative estimate of drug-likeness (QED) is 0.313. The Bertz CT molecular complexity index is 354. The van der Waals surface area contributed by atoms with Gasteiger partial charge in [0.25, 0.3) is 0 Å². The number of carbonyl (C=O) groups excluding carboxylic acids is 1. The van der Waals surface area contributed by atoms with Gasteiger partial charge in [-0.25, -0.2) is 0 Å². The normalized spacial score (nSPS) is 18.8. The first-order chi connectivity index (χ1) is 9.02. The van der Waals surface area contributed by atoms with Gasteiger partial charge in [0.2, 0.25) is 0 Å². The van der Waals surface area contributed by atoms with E-state index >= 15 is 0 Å². The van der Waals surface area contributed by atoms with Crippen molar-refractivity contribution in [3.8, 4) is 0 Å². The molecule has 2 heteroatoms. The summed E-state index contributed by atoms with van der Waals surface area (Å²) in [4.78, 5) is 11.0. The van der Waals surface area contributed by atoms with E-state index in [0.717, 1.165) is 37.5 Å². The van der Waals surface area contributed by atoms with Crippen molar-refractivity contribution in [2.45, 2.75) is 45.4 Å². The van der Waals surface area contributed by atoms with E-state index < -0.39 is 0 Å². The highest BCUT2D eigenvalue weighted by Gasteiger charge is 2.28. The Morgan fingerprint density at radius 1 is 1.53 bits per heavy atom. The smallest absolute Gasteiger partial charge is 0.155 e. The van der Waals surface area contributed by atoms with Crippen LogP contribution in [0.3, 0.4) is 0 Å². The van der Waals surface area contributed by atoms with Gasteiger partial charge >= 0.3 is 0 Å². The van der Waals surface area contributed by atoms with Crippen molar-refractivity contribution in [1.29, 1.82) is 0 Å². The second kappa shape index (κ2) is 7.98. The number of ether oxygens (including phenoxy) is 1. The molecule has 0 N–H and O–H groups in total. The number of rotatable bonds is 11. The zero-order valence-corrected chi connectivity index (χ0v) is 12.1. The highest BCUT2D eigenvalue weighted by atomic mass is 16.5. The summed E-state index contributed by atoms with van der Waals surface area (Å²) >= 11 is 0. The molecule has 1 aliphatic rings. The highest BCUT2D eigenvalue weighted by Crippen LogP contribution is 2.41. The van der Waals surface area contributed by atoms with Crippen LogP contribution in [0.25, 0.3) is 0 Å². The second-order valence-corrected chi connectivity index (χ2v) is 5.60. The minimum absolute atomic E-state index is 0.0890.